The van der Waals surface area contributed by atoms with Crippen LogP contribution in [-0.4, -0.2) is 50.7 Å². The predicted octanol–water partition coefficient (Wildman–Crippen LogP) is 5.21. The fourth-order valence-electron chi connectivity index (χ4n) is 4.39. The highest BCUT2D eigenvalue weighted by Gasteiger charge is 2.22. The molecule has 33 heavy (non-hydrogen) atoms. The first-order valence-corrected chi connectivity index (χ1v) is 11.4. The molecule has 1 aromatic heterocycles. The SMILES string of the molecule is CCOc1c(/C(C)=C/C(=O)N2CCN(c3ccc(OC)cc3)CC2)cc2c(C)coc2c1C. The number of fused-ring (bicyclic) bond motifs is 1. The molecule has 6 nitrogen and oxygen atoms in total. The second-order valence-electron chi connectivity index (χ2n) is 8.44. The van der Waals surface area contributed by atoms with Crippen LogP contribution in [0.3, 0.4) is 0 Å². The first-order chi connectivity index (χ1) is 15.9. The number of piperazine rings is 1. The van der Waals surface area contributed by atoms with E-state index in [1.807, 2.05) is 44.7 Å². The first kappa shape index (κ1) is 22.8. The summed E-state index contributed by atoms with van der Waals surface area (Å²) in [6.45, 7) is 11.5. The van der Waals surface area contributed by atoms with Crippen LogP contribution in [0.2, 0.25) is 0 Å². The van der Waals surface area contributed by atoms with Gasteiger partial charge in [0.1, 0.15) is 17.1 Å². The Hall–Kier alpha value is -3.41. The summed E-state index contributed by atoms with van der Waals surface area (Å²) >= 11 is 0. The molecule has 4 rings (SSSR count). The molecule has 0 spiro atoms. The van der Waals surface area contributed by atoms with Crippen molar-refractivity contribution < 1.29 is 18.7 Å². The maximum absolute atomic E-state index is 13.1. The highest BCUT2D eigenvalue weighted by atomic mass is 16.5. The number of carbonyl (C=O) groups excluding carboxylic acids is 1. The summed E-state index contributed by atoms with van der Waals surface area (Å²) in [7, 11) is 1.67. The van der Waals surface area contributed by atoms with Crippen molar-refractivity contribution in [2.24, 2.45) is 0 Å². The van der Waals surface area contributed by atoms with Gasteiger partial charge in [0.15, 0.2) is 0 Å². The zero-order chi connectivity index (χ0) is 23.5. The number of allylic oxidation sites excluding steroid dienone is 1. The summed E-state index contributed by atoms with van der Waals surface area (Å²) in [5, 5.41) is 1.05. The van der Waals surface area contributed by atoms with Crippen molar-refractivity contribution in [2.75, 3.05) is 44.8 Å². The molecule has 6 heteroatoms. The minimum Gasteiger partial charge on any atom is -0.497 e. The summed E-state index contributed by atoms with van der Waals surface area (Å²) in [6, 6.07) is 10.1. The quantitative estimate of drug-likeness (QED) is 0.485. The molecule has 0 saturated carbocycles. The average molecular weight is 449 g/mol. The number of furan rings is 1. The first-order valence-electron chi connectivity index (χ1n) is 11.4. The Morgan fingerprint density at radius 2 is 1.82 bits per heavy atom. The molecule has 174 valence electrons. The van der Waals surface area contributed by atoms with E-state index in [4.69, 9.17) is 13.9 Å². The number of nitrogens with zero attached hydrogens (tertiary/aromatic N) is 2. The van der Waals surface area contributed by atoms with Crippen LogP contribution in [0.1, 0.15) is 30.5 Å². The molecular weight excluding hydrogens is 416 g/mol. The van der Waals surface area contributed by atoms with Crippen LogP contribution >= 0.6 is 0 Å². The minimum atomic E-state index is 0.0333. The van der Waals surface area contributed by atoms with E-state index in [1.54, 1.807) is 19.4 Å². The standard InChI is InChI=1S/C27H32N2O4/c1-6-32-26-20(4)27-24(19(3)17-33-27)16-23(26)18(2)15-25(30)29-13-11-28(12-14-29)21-7-9-22(31-5)10-8-21/h7-10,15-17H,6,11-14H2,1-5H3/b18-15+. The molecule has 2 aromatic carbocycles. The van der Waals surface area contributed by atoms with Gasteiger partial charge in [0.05, 0.1) is 20.0 Å². The molecule has 1 amide bonds. The smallest absolute Gasteiger partial charge is 0.246 e. The predicted molar refractivity (Wildman–Crippen MR) is 132 cm³/mol. The van der Waals surface area contributed by atoms with Crippen LogP contribution in [0.4, 0.5) is 5.69 Å². The highest BCUT2D eigenvalue weighted by Crippen LogP contribution is 2.37. The number of anilines is 1. The minimum absolute atomic E-state index is 0.0333. The summed E-state index contributed by atoms with van der Waals surface area (Å²) in [6.07, 6.45) is 3.51. The van der Waals surface area contributed by atoms with E-state index < -0.39 is 0 Å². The lowest BCUT2D eigenvalue weighted by Gasteiger charge is -2.35. The number of rotatable bonds is 6. The number of amides is 1. The molecule has 0 unspecified atom stereocenters. The third-order valence-corrected chi connectivity index (χ3v) is 6.32. The van der Waals surface area contributed by atoms with Crippen molar-refractivity contribution in [3.05, 3.63) is 59.4 Å². The van der Waals surface area contributed by atoms with E-state index >= 15 is 0 Å². The molecule has 0 N–H and O–H groups in total. The number of benzene rings is 2. The van der Waals surface area contributed by atoms with Gasteiger partial charge in [0.2, 0.25) is 5.91 Å². The maximum atomic E-state index is 13.1. The van der Waals surface area contributed by atoms with Crippen molar-refractivity contribution >= 4 is 28.1 Å². The maximum Gasteiger partial charge on any atom is 0.246 e. The van der Waals surface area contributed by atoms with Crippen LogP contribution in [0.25, 0.3) is 16.5 Å². The zero-order valence-corrected chi connectivity index (χ0v) is 20.1. The molecule has 1 saturated heterocycles. The molecule has 0 bridgehead atoms. The number of aryl methyl sites for hydroxylation is 2. The van der Waals surface area contributed by atoms with Crippen LogP contribution in [0, 0.1) is 13.8 Å². The molecule has 1 aliphatic heterocycles. The Labute approximate surface area is 195 Å². The van der Waals surface area contributed by atoms with Crippen molar-refractivity contribution in [1.29, 1.82) is 0 Å². The van der Waals surface area contributed by atoms with Crippen LogP contribution < -0.4 is 14.4 Å². The van der Waals surface area contributed by atoms with Crippen LogP contribution in [0.15, 0.2) is 47.1 Å². The fraction of sp³-hybridized carbons (Fsp3) is 0.370. The Kier molecular flexibility index (Phi) is 6.63. The van der Waals surface area contributed by atoms with E-state index in [9.17, 15) is 4.79 Å². The lowest BCUT2D eigenvalue weighted by Crippen LogP contribution is -2.48. The molecule has 0 aliphatic carbocycles. The van der Waals surface area contributed by atoms with Crippen molar-refractivity contribution in [3.63, 3.8) is 0 Å². The lowest BCUT2D eigenvalue weighted by atomic mass is 9.98. The van der Waals surface area contributed by atoms with Gasteiger partial charge in [-0.1, -0.05) is 0 Å². The fourth-order valence-corrected chi connectivity index (χ4v) is 4.39. The van der Waals surface area contributed by atoms with Crippen molar-refractivity contribution in [2.45, 2.75) is 27.7 Å². The largest absolute Gasteiger partial charge is 0.497 e. The number of carbonyl (C=O) groups is 1. The molecule has 2 heterocycles. The third-order valence-electron chi connectivity index (χ3n) is 6.32. The molecule has 1 fully saturated rings. The second kappa shape index (κ2) is 9.61. The van der Waals surface area contributed by atoms with Gasteiger partial charge in [-0.15, -0.1) is 0 Å². The number of hydrogen-bond donors (Lipinski definition) is 0. The van der Waals surface area contributed by atoms with Crippen LogP contribution in [-0.2, 0) is 4.79 Å². The van der Waals surface area contributed by atoms with E-state index in [0.29, 0.717) is 19.7 Å². The number of methoxy groups -OCH3 is 1. The molecule has 0 atom stereocenters. The highest BCUT2D eigenvalue weighted by molar-refractivity contribution is 5.98. The van der Waals surface area contributed by atoms with Gasteiger partial charge in [-0.25, -0.2) is 0 Å². The summed E-state index contributed by atoms with van der Waals surface area (Å²) in [5.74, 6) is 1.66. The van der Waals surface area contributed by atoms with Crippen molar-refractivity contribution in [3.8, 4) is 11.5 Å². The van der Waals surface area contributed by atoms with E-state index in [2.05, 4.69) is 23.1 Å². The van der Waals surface area contributed by atoms with Gasteiger partial charge < -0.3 is 23.7 Å². The lowest BCUT2D eigenvalue weighted by molar-refractivity contribution is -0.126. The Bertz CT molecular complexity index is 1170. The van der Waals surface area contributed by atoms with E-state index in [-0.39, 0.29) is 5.91 Å². The molecule has 3 aromatic rings. The average Bonchev–Trinajstić information content (AvgIpc) is 3.21. The number of ether oxygens (including phenoxy) is 2. The number of hydrogen-bond acceptors (Lipinski definition) is 5. The van der Waals surface area contributed by atoms with Gasteiger partial charge >= 0.3 is 0 Å². The molecular formula is C27H32N2O4. The van der Waals surface area contributed by atoms with Gasteiger partial charge in [0, 0.05) is 54.5 Å². The summed E-state index contributed by atoms with van der Waals surface area (Å²) < 4.78 is 17.0. The topological polar surface area (TPSA) is 55.2 Å². The molecule has 0 radical (unpaired) electrons. The monoisotopic (exact) mass is 448 g/mol. The van der Waals surface area contributed by atoms with Gasteiger partial charge in [0.25, 0.3) is 0 Å². The van der Waals surface area contributed by atoms with Crippen molar-refractivity contribution in [1.82, 2.24) is 4.90 Å². The second-order valence-corrected chi connectivity index (χ2v) is 8.44. The van der Waals surface area contributed by atoms with Gasteiger partial charge in [-0.05, 0) is 69.2 Å². The van der Waals surface area contributed by atoms with Crippen LogP contribution in [0.5, 0.6) is 11.5 Å². The Morgan fingerprint density at radius 1 is 1.12 bits per heavy atom. The van der Waals surface area contributed by atoms with E-state index in [1.165, 1.54) is 0 Å². The normalized spacial score (nSPS) is 14.6. The summed E-state index contributed by atoms with van der Waals surface area (Å²) in [4.78, 5) is 17.3. The Balaban J connectivity index is 1.51. The van der Waals surface area contributed by atoms with Gasteiger partial charge in [-0.2, -0.15) is 0 Å². The molecule has 1 aliphatic rings. The van der Waals surface area contributed by atoms with E-state index in [0.717, 1.165) is 63.5 Å². The zero-order valence-electron chi connectivity index (χ0n) is 20.1. The Morgan fingerprint density at radius 3 is 2.45 bits per heavy atom. The van der Waals surface area contributed by atoms with Gasteiger partial charge in [-0.3, -0.25) is 4.79 Å². The third kappa shape index (κ3) is 4.56. The summed E-state index contributed by atoms with van der Waals surface area (Å²) in [5.41, 5.74) is 5.86.